The number of nitrogens with zero attached hydrogens (tertiary/aromatic N) is 2. The first-order valence-electron chi connectivity index (χ1n) is 12.6. The van der Waals surface area contributed by atoms with Crippen molar-refractivity contribution in [3.05, 3.63) is 35.4 Å². The molecule has 2 aliphatic heterocycles. The first kappa shape index (κ1) is 19.2. The Bertz CT molecular complexity index is 793. The second-order valence-corrected chi connectivity index (χ2v) is 10.9. The van der Waals surface area contributed by atoms with Gasteiger partial charge in [0.2, 0.25) is 0 Å². The van der Waals surface area contributed by atoms with E-state index in [1.54, 1.807) is 0 Å². The van der Waals surface area contributed by atoms with E-state index in [1.807, 2.05) is 4.90 Å². The van der Waals surface area contributed by atoms with Crippen LogP contribution in [0.5, 0.6) is 0 Å². The Morgan fingerprint density at radius 1 is 0.967 bits per heavy atom. The van der Waals surface area contributed by atoms with E-state index in [0.29, 0.717) is 0 Å². The van der Waals surface area contributed by atoms with Crippen molar-refractivity contribution in [3.8, 4) is 0 Å². The van der Waals surface area contributed by atoms with Gasteiger partial charge in [0.1, 0.15) is 0 Å². The van der Waals surface area contributed by atoms with Crippen molar-refractivity contribution in [1.29, 1.82) is 0 Å². The SMILES string of the molecule is O=C(N[C@H]1CC2(CCN(C3C[C@@H]4CC[C@@H]3C4)CC2)c2ccccc21)N1CCCCC1. The number of nitrogens with one attached hydrogen (secondary N) is 1. The lowest BCUT2D eigenvalue weighted by Gasteiger charge is -2.44. The molecule has 2 heterocycles. The predicted octanol–water partition coefficient (Wildman–Crippen LogP) is 4.85. The summed E-state index contributed by atoms with van der Waals surface area (Å²) in [6.07, 6.45) is 13.1. The summed E-state index contributed by atoms with van der Waals surface area (Å²) in [7, 11) is 0. The van der Waals surface area contributed by atoms with E-state index in [1.165, 1.54) is 69.2 Å². The zero-order valence-corrected chi connectivity index (χ0v) is 18.3. The summed E-state index contributed by atoms with van der Waals surface area (Å²) in [5.74, 6) is 2.01. The maximum absolute atomic E-state index is 12.9. The van der Waals surface area contributed by atoms with E-state index >= 15 is 0 Å². The van der Waals surface area contributed by atoms with Crippen molar-refractivity contribution in [3.63, 3.8) is 0 Å². The molecule has 6 rings (SSSR count). The number of carbonyl (C=O) groups is 1. The molecule has 1 N–H and O–H groups in total. The molecule has 30 heavy (non-hydrogen) atoms. The van der Waals surface area contributed by atoms with E-state index in [2.05, 4.69) is 34.5 Å². The number of carbonyl (C=O) groups excluding carboxylic acids is 1. The fourth-order valence-corrected chi connectivity index (χ4v) is 7.78. The molecular formula is C26H37N3O. The summed E-state index contributed by atoms with van der Waals surface area (Å²) >= 11 is 0. The molecule has 1 aromatic carbocycles. The van der Waals surface area contributed by atoms with Crippen molar-refractivity contribution in [1.82, 2.24) is 15.1 Å². The van der Waals surface area contributed by atoms with Crippen LogP contribution >= 0.6 is 0 Å². The van der Waals surface area contributed by atoms with Crippen LogP contribution in [-0.2, 0) is 5.41 Å². The summed E-state index contributed by atoms with van der Waals surface area (Å²) in [4.78, 5) is 17.8. The Kier molecular flexibility index (Phi) is 4.82. The summed E-state index contributed by atoms with van der Waals surface area (Å²) in [6, 6.07) is 10.2. The smallest absolute Gasteiger partial charge is 0.317 e. The Labute approximate surface area is 181 Å². The van der Waals surface area contributed by atoms with Crippen molar-refractivity contribution in [2.24, 2.45) is 11.8 Å². The molecule has 5 aliphatic rings. The first-order valence-corrected chi connectivity index (χ1v) is 12.6. The third-order valence-corrected chi connectivity index (χ3v) is 9.37. The highest BCUT2D eigenvalue weighted by Gasteiger charge is 2.49. The van der Waals surface area contributed by atoms with Gasteiger partial charge in [-0.05, 0) is 93.8 Å². The van der Waals surface area contributed by atoms with Crippen molar-refractivity contribution in [2.45, 2.75) is 81.7 Å². The van der Waals surface area contributed by atoms with Crippen LogP contribution in [0.4, 0.5) is 4.79 Å². The summed E-state index contributed by atoms with van der Waals surface area (Å²) in [5, 5.41) is 3.44. The largest absolute Gasteiger partial charge is 0.331 e. The van der Waals surface area contributed by atoms with Crippen LogP contribution in [0.3, 0.4) is 0 Å². The first-order chi connectivity index (χ1) is 14.7. The lowest BCUT2D eigenvalue weighted by molar-refractivity contribution is 0.0810. The average molecular weight is 408 g/mol. The van der Waals surface area contributed by atoms with E-state index in [-0.39, 0.29) is 17.5 Å². The fourth-order valence-electron chi connectivity index (χ4n) is 7.78. The molecule has 4 atom stereocenters. The number of likely N-dealkylation sites (tertiary alicyclic amines) is 2. The van der Waals surface area contributed by atoms with Gasteiger partial charge in [-0.3, -0.25) is 0 Å². The normalized spacial score (nSPS) is 35.0. The second-order valence-electron chi connectivity index (χ2n) is 10.9. The molecule has 3 aliphatic carbocycles. The molecule has 4 nitrogen and oxygen atoms in total. The van der Waals surface area contributed by atoms with Gasteiger partial charge >= 0.3 is 6.03 Å². The van der Waals surface area contributed by atoms with E-state index in [9.17, 15) is 4.79 Å². The monoisotopic (exact) mass is 407 g/mol. The van der Waals surface area contributed by atoms with Gasteiger partial charge in [-0.2, -0.15) is 0 Å². The Hall–Kier alpha value is -1.55. The second kappa shape index (κ2) is 7.55. The topological polar surface area (TPSA) is 35.6 Å². The van der Waals surface area contributed by atoms with Crippen LogP contribution in [0.2, 0.25) is 0 Å². The zero-order valence-electron chi connectivity index (χ0n) is 18.3. The van der Waals surface area contributed by atoms with Gasteiger partial charge in [-0.15, -0.1) is 0 Å². The van der Waals surface area contributed by atoms with Gasteiger partial charge in [0.15, 0.2) is 0 Å². The van der Waals surface area contributed by atoms with E-state index in [4.69, 9.17) is 0 Å². The molecule has 2 saturated carbocycles. The molecule has 1 spiro atoms. The Morgan fingerprint density at radius 2 is 1.77 bits per heavy atom. The summed E-state index contributed by atoms with van der Waals surface area (Å²) in [6.45, 7) is 4.33. The van der Waals surface area contributed by atoms with Gasteiger partial charge < -0.3 is 15.1 Å². The highest BCUT2D eigenvalue weighted by atomic mass is 16.2. The molecule has 0 radical (unpaired) electrons. The molecule has 4 fully saturated rings. The highest BCUT2D eigenvalue weighted by molar-refractivity contribution is 5.75. The van der Waals surface area contributed by atoms with Crippen LogP contribution in [0, 0.1) is 11.8 Å². The summed E-state index contributed by atoms with van der Waals surface area (Å²) in [5.41, 5.74) is 3.18. The molecule has 4 heteroatoms. The maximum atomic E-state index is 12.9. The third-order valence-electron chi connectivity index (χ3n) is 9.37. The molecule has 1 aromatic rings. The number of hydrogen-bond acceptors (Lipinski definition) is 2. The number of fused-ring (bicyclic) bond motifs is 4. The number of urea groups is 1. The number of rotatable bonds is 2. The van der Waals surface area contributed by atoms with Crippen LogP contribution in [-0.4, -0.2) is 48.1 Å². The Balaban J connectivity index is 1.16. The predicted molar refractivity (Wildman–Crippen MR) is 119 cm³/mol. The van der Waals surface area contributed by atoms with Crippen molar-refractivity contribution < 1.29 is 4.79 Å². The number of piperidine rings is 2. The maximum Gasteiger partial charge on any atom is 0.317 e. The lowest BCUT2D eigenvalue weighted by Crippen LogP contribution is -2.48. The molecule has 162 valence electrons. The van der Waals surface area contributed by atoms with Gasteiger partial charge in [0, 0.05) is 24.5 Å². The Morgan fingerprint density at radius 3 is 2.50 bits per heavy atom. The standard InChI is InChI=1S/C26H37N3O/c30-25(29-12-4-1-5-13-29)27-23-18-26(22-7-3-2-6-21(22)23)10-14-28(15-11-26)24-17-19-8-9-20(24)16-19/h2-3,6-7,19-20,23-24H,1,4-5,8-18H2,(H,27,30)/t19-,20-,23+,24?/m1/s1. The van der Waals surface area contributed by atoms with Crippen molar-refractivity contribution in [2.75, 3.05) is 26.2 Å². The highest BCUT2D eigenvalue weighted by Crippen LogP contribution is 2.53. The molecular weight excluding hydrogens is 370 g/mol. The van der Waals surface area contributed by atoms with E-state index in [0.717, 1.165) is 50.2 Å². The quantitative estimate of drug-likeness (QED) is 0.761. The van der Waals surface area contributed by atoms with Crippen LogP contribution in [0.1, 0.15) is 81.4 Å². The van der Waals surface area contributed by atoms with E-state index < -0.39 is 0 Å². The fraction of sp³-hybridized carbons (Fsp3) is 0.731. The molecule has 1 unspecified atom stereocenters. The third kappa shape index (κ3) is 3.18. The number of hydrogen-bond donors (Lipinski definition) is 1. The van der Waals surface area contributed by atoms with Crippen LogP contribution < -0.4 is 5.32 Å². The number of amides is 2. The van der Waals surface area contributed by atoms with Gasteiger partial charge in [0.05, 0.1) is 6.04 Å². The molecule has 2 saturated heterocycles. The minimum atomic E-state index is 0.158. The van der Waals surface area contributed by atoms with Gasteiger partial charge in [-0.25, -0.2) is 4.79 Å². The van der Waals surface area contributed by atoms with Gasteiger partial charge in [0.25, 0.3) is 0 Å². The van der Waals surface area contributed by atoms with Crippen molar-refractivity contribution >= 4 is 6.03 Å². The summed E-state index contributed by atoms with van der Waals surface area (Å²) < 4.78 is 0. The van der Waals surface area contributed by atoms with Crippen LogP contribution in [0.25, 0.3) is 0 Å². The molecule has 2 bridgehead atoms. The van der Waals surface area contributed by atoms with Crippen LogP contribution in [0.15, 0.2) is 24.3 Å². The molecule has 0 aromatic heterocycles. The lowest BCUT2D eigenvalue weighted by atomic mass is 9.73. The zero-order chi connectivity index (χ0) is 20.1. The number of benzene rings is 1. The minimum absolute atomic E-state index is 0.158. The minimum Gasteiger partial charge on any atom is -0.331 e. The van der Waals surface area contributed by atoms with Gasteiger partial charge in [-0.1, -0.05) is 30.7 Å². The average Bonchev–Trinajstić information content (AvgIpc) is 3.50. The molecule has 2 amide bonds.